The van der Waals surface area contributed by atoms with Crippen LogP contribution in [0, 0.1) is 0 Å². The molecule has 0 saturated carbocycles. The van der Waals surface area contributed by atoms with Crippen molar-refractivity contribution in [3.8, 4) is 0 Å². The van der Waals surface area contributed by atoms with Crippen LogP contribution in [0.3, 0.4) is 0 Å². The molecule has 0 saturated heterocycles. The van der Waals surface area contributed by atoms with Gasteiger partial charge in [0.05, 0.1) is 0 Å². The quantitative estimate of drug-likeness (QED) is 0.0265. The maximum atomic E-state index is 12.6. The number of ether oxygens (including phenoxy) is 3. The molecule has 0 bridgehead atoms. The van der Waals surface area contributed by atoms with Crippen molar-refractivity contribution in [1.82, 2.24) is 0 Å². The first-order valence-corrected chi connectivity index (χ1v) is 23.8. The summed E-state index contributed by atoms with van der Waals surface area (Å²) >= 11 is 0. The van der Waals surface area contributed by atoms with E-state index < -0.39 is 6.10 Å². The van der Waals surface area contributed by atoms with Crippen LogP contribution in [-0.4, -0.2) is 37.2 Å². The molecule has 57 heavy (non-hydrogen) atoms. The van der Waals surface area contributed by atoms with E-state index in [1.54, 1.807) is 0 Å². The Hall–Kier alpha value is -2.89. The van der Waals surface area contributed by atoms with E-state index in [4.69, 9.17) is 14.2 Å². The molecule has 0 aliphatic heterocycles. The van der Waals surface area contributed by atoms with E-state index >= 15 is 0 Å². The van der Waals surface area contributed by atoms with Crippen molar-refractivity contribution < 1.29 is 28.6 Å². The lowest BCUT2D eigenvalue weighted by Gasteiger charge is -2.18. The van der Waals surface area contributed by atoms with Crippen molar-refractivity contribution in [1.29, 1.82) is 0 Å². The molecule has 0 rings (SSSR count). The topological polar surface area (TPSA) is 78.9 Å². The van der Waals surface area contributed by atoms with Gasteiger partial charge in [0, 0.05) is 19.3 Å². The molecule has 0 fully saturated rings. The lowest BCUT2D eigenvalue weighted by atomic mass is 10.1. The third-order valence-corrected chi connectivity index (χ3v) is 10.0. The van der Waals surface area contributed by atoms with Crippen molar-refractivity contribution >= 4 is 17.9 Å². The lowest BCUT2D eigenvalue weighted by molar-refractivity contribution is -0.167. The highest BCUT2D eigenvalue weighted by molar-refractivity contribution is 5.71. The fraction of sp³-hybridized carbons (Fsp3) is 0.745. The molecule has 6 nitrogen and oxygen atoms in total. The summed E-state index contributed by atoms with van der Waals surface area (Å²) in [6.45, 7) is 6.40. The summed E-state index contributed by atoms with van der Waals surface area (Å²) in [4.78, 5) is 37.4. The second-order valence-electron chi connectivity index (χ2n) is 15.6. The largest absolute Gasteiger partial charge is 0.462 e. The number of unbranched alkanes of at least 4 members (excludes halogenated alkanes) is 21. The zero-order valence-electron chi connectivity index (χ0n) is 37.3. The fourth-order valence-electron chi connectivity index (χ4n) is 6.47. The van der Waals surface area contributed by atoms with Crippen molar-refractivity contribution in [3.63, 3.8) is 0 Å². The molecule has 0 aliphatic rings. The number of esters is 3. The lowest BCUT2D eigenvalue weighted by Crippen LogP contribution is -2.30. The zero-order valence-corrected chi connectivity index (χ0v) is 37.3. The highest BCUT2D eigenvalue weighted by Gasteiger charge is 2.19. The van der Waals surface area contributed by atoms with Crippen molar-refractivity contribution in [2.45, 2.75) is 232 Å². The predicted molar refractivity (Wildman–Crippen MR) is 242 cm³/mol. The number of allylic oxidation sites excluding steroid dienone is 10. The maximum absolute atomic E-state index is 12.6. The molecule has 0 heterocycles. The van der Waals surface area contributed by atoms with E-state index in [-0.39, 0.29) is 31.1 Å². The highest BCUT2D eigenvalue weighted by Crippen LogP contribution is 2.14. The number of carbonyl (C=O) groups is 3. The molecule has 0 aromatic carbocycles. The Bertz CT molecular complexity index is 1050. The summed E-state index contributed by atoms with van der Waals surface area (Å²) in [6, 6.07) is 0. The van der Waals surface area contributed by atoms with E-state index in [0.717, 1.165) is 103 Å². The standard InChI is InChI=1S/C51H88O6/c1-4-7-10-13-15-17-18-19-20-21-22-23-24-25-26-27-28-29-30-31-32-34-35-38-41-44-50(53)56-47-48(46-55-49(52)43-40-37-12-9-6-3)57-51(54)45-42-39-36-33-16-14-11-8-5-2/h7,10,15,17,19-20,22-23,25-26,48H,4-6,8-9,11-14,16,18,21,24,27-47H2,1-3H3/b10-7-,17-15-,20-19-,23-22-,26-25-. The van der Waals surface area contributed by atoms with E-state index in [9.17, 15) is 14.4 Å². The van der Waals surface area contributed by atoms with Crippen LogP contribution < -0.4 is 0 Å². The van der Waals surface area contributed by atoms with Crippen LogP contribution in [0.25, 0.3) is 0 Å². The van der Waals surface area contributed by atoms with Gasteiger partial charge in [-0.2, -0.15) is 0 Å². The summed E-state index contributed by atoms with van der Waals surface area (Å²) in [5, 5.41) is 0. The third-order valence-electron chi connectivity index (χ3n) is 10.0. The molecular formula is C51H88O6. The van der Waals surface area contributed by atoms with Crippen LogP contribution >= 0.6 is 0 Å². The van der Waals surface area contributed by atoms with Crippen LogP contribution in [-0.2, 0) is 28.6 Å². The summed E-state index contributed by atoms with van der Waals surface area (Å²) in [5.74, 6) is -0.899. The minimum absolute atomic E-state index is 0.0754. The predicted octanol–water partition coefficient (Wildman–Crippen LogP) is 15.3. The molecule has 0 aromatic heterocycles. The Morgan fingerprint density at radius 1 is 0.368 bits per heavy atom. The molecule has 328 valence electrons. The van der Waals surface area contributed by atoms with Crippen LogP contribution in [0.4, 0.5) is 0 Å². The fourth-order valence-corrected chi connectivity index (χ4v) is 6.47. The van der Waals surface area contributed by atoms with Crippen LogP contribution in [0.5, 0.6) is 0 Å². The molecule has 0 spiro atoms. The SMILES string of the molecule is CC/C=C\C/C=C\C/C=C\C/C=C\C/C=C\CCCCCCCCCCCC(=O)OCC(COC(=O)CCCCCCC)OC(=O)CCCCCCCCCCC. The molecule has 0 radical (unpaired) electrons. The first-order valence-electron chi connectivity index (χ1n) is 23.8. The van der Waals surface area contributed by atoms with Gasteiger partial charge in [0.2, 0.25) is 0 Å². The van der Waals surface area contributed by atoms with Gasteiger partial charge in [0.15, 0.2) is 6.10 Å². The first-order chi connectivity index (χ1) is 28.0. The molecule has 1 atom stereocenters. The van der Waals surface area contributed by atoms with E-state index in [1.165, 1.54) is 83.5 Å². The summed E-state index contributed by atoms with van der Waals surface area (Å²) in [6.07, 6.45) is 55.3. The summed E-state index contributed by atoms with van der Waals surface area (Å²) in [5.41, 5.74) is 0. The van der Waals surface area contributed by atoms with Gasteiger partial charge in [-0.25, -0.2) is 0 Å². The van der Waals surface area contributed by atoms with Gasteiger partial charge in [0.1, 0.15) is 13.2 Å². The van der Waals surface area contributed by atoms with Crippen LogP contribution in [0.2, 0.25) is 0 Å². The number of hydrogen-bond donors (Lipinski definition) is 0. The minimum Gasteiger partial charge on any atom is -0.462 e. The van der Waals surface area contributed by atoms with Crippen LogP contribution in [0.1, 0.15) is 226 Å². The highest BCUT2D eigenvalue weighted by atomic mass is 16.6. The molecule has 0 aromatic rings. The summed E-state index contributed by atoms with van der Waals surface area (Å²) in [7, 11) is 0. The summed E-state index contributed by atoms with van der Waals surface area (Å²) < 4.78 is 16.6. The molecular weight excluding hydrogens is 709 g/mol. The molecule has 1 unspecified atom stereocenters. The van der Waals surface area contributed by atoms with E-state index in [1.807, 2.05) is 0 Å². The Morgan fingerprint density at radius 2 is 0.684 bits per heavy atom. The third kappa shape index (κ3) is 44.1. The molecule has 6 heteroatoms. The normalized spacial score (nSPS) is 12.5. The maximum Gasteiger partial charge on any atom is 0.306 e. The Labute approximate surface area is 351 Å². The molecule has 0 aliphatic carbocycles. The second-order valence-corrected chi connectivity index (χ2v) is 15.6. The minimum atomic E-state index is -0.767. The smallest absolute Gasteiger partial charge is 0.306 e. The Kier molecular flexibility index (Phi) is 43.5. The van der Waals surface area contributed by atoms with E-state index in [2.05, 4.69) is 81.5 Å². The van der Waals surface area contributed by atoms with Crippen molar-refractivity contribution in [3.05, 3.63) is 60.8 Å². The van der Waals surface area contributed by atoms with Gasteiger partial charge in [-0.15, -0.1) is 0 Å². The average Bonchev–Trinajstić information content (AvgIpc) is 3.21. The molecule has 0 N–H and O–H groups in total. The Morgan fingerprint density at radius 3 is 1.07 bits per heavy atom. The van der Waals surface area contributed by atoms with Gasteiger partial charge in [0.25, 0.3) is 0 Å². The second kappa shape index (κ2) is 45.8. The van der Waals surface area contributed by atoms with Gasteiger partial charge < -0.3 is 14.2 Å². The zero-order chi connectivity index (χ0) is 41.5. The van der Waals surface area contributed by atoms with Gasteiger partial charge in [-0.3, -0.25) is 14.4 Å². The number of rotatable bonds is 42. The number of carbonyl (C=O) groups excluding carboxylic acids is 3. The van der Waals surface area contributed by atoms with Gasteiger partial charge >= 0.3 is 17.9 Å². The van der Waals surface area contributed by atoms with Crippen LogP contribution in [0.15, 0.2) is 60.8 Å². The average molecular weight is 797 g/mol. The van der Waals surface area contributed by atoms with E-state index in [0.29, 0.717) is 19.3 Å². The van der Waals surface area contributed by atoms with Gasteiger partial charge in [-0.05, 0) is 64.2 Å². The Balaban J connectivity index is 4.06. The number of hydrogen-bond acceptors (Lipinski definition) is 6. The van der Waals surface area contributed by atoms with Crippen molar-refractivity contribution in [2.24, 2.45) is 0 Å². The van der Waals surface area contributed by atoms with Gasteiger partial charge in [-0.1, -0.05) is 204 Å². The molecule has 0 amide bonds. The first kappa shape index (κ1) is 54.1. The monoisotopic (exact) mass is 797 g/mol. The van der Waals surface area contributed by atoms with Crippen molar-refractivity contribution in [2.75, 3.05) is 13.2 Å².